The molecule has 0 saturated carbocycles. The molecule has 0 aliphatic heterocycles. The Labute approximate surface area is 568 Å². The average Bonchev–Trinajstić information content (AvgIpc) is 2.52. The molecule has 0 fully saturated rings. The number of carbonyl (C=O) groups is 4. The van der Waals surface area contributed by atoms with E-state index in [4.69, 9.17) is 37.0 Å². The van der Waals surface area contributed by atoms with Gasteiger partial charge in [0.05, 0.1) is 26.4 Å². The van der Waals surface area contributed by atoms with E-state index in [-0.39, 0.29) is 25.7 Å². The van der Waals surface area contributed by atoms with Gasteiger partial charge in [-0.25, -0.2) is 9.13 Å². The van der Waals surface area contributed by atoms with Crippen molar-refractivity contribution in [3.63, 3.8) is 0 Å². The Balaban J connectivity index is 5.21. The van der Waals surface area contributed by atoms with Crippen LogP contribution in [0.1, 0.15) is 388 Å². The smallest absolute Gasteiger partial charge is 0.462 e. The summed E-state index contributed by atoms with van der Waals surface area (Å²) < 4.78 is 68.4. The summed E-state index contributed by atoms with van der Waals surface area (Å²) in [5.41, 5.74) is 0. The highest BCUT2D eigenvalue weighted by Crippen LogP contribution is 2.45. The van der Waals surface area contributed by atoms with Crippen LogP contribution < -0.4 is 0 Å². The normalized spacial score (nSPS) is 14.0. The van der Waals surface area contributed by atoms with E-state index < -0.39 is 97.5 Å². The van der Waals surface area contributed by atoms with E-state index >= 15 is 0 Å². The summed E-state index contributed by atoms with van der Waals surface area (Å²) in [6.45, 7) is 7.19. The Morgan fingerprint density at radius 2 is 0.495 bits per heavy atom. The van der Waals surface area contributed by atoms with Crippen molar-refractivity contribution < 1.29 is 80.2 Å². The van der Waals surface area contributed by atoms with Crippen LogP contribution in [0.2, 0.25) is 0 Å². The predicted molar refractivity (Wildman–Crippen MR) is 377 cm³/mol. The third kappa shape index (κ3) is 68.4. The minimum absolute atomic E-state index is 0.106. The van der Waals surface area contributed by atoms with Crippen LogP contribution in [0.5, 0.6) is 0 Å². The van der Waals surface area contributed by atoms with Crippen molar-refractivity contribution in [3.8, 4) is 0 Å². The number of esters is 4. The Kier molecular flexibility index (Phi) is 65.9. The lowest BCUT2D eigenvalue weighted by molar-refractivity contribution is -0.161. The van der Waals surface area contributed by atoms with Gasteiger partial charge in [0.2, 0.25) is 0 Å². The summed E-state index contributed by atoms with van der Waals surface area (Å²) in [5.74, 6) is -1.44. The number of hydrogen-bond acceptors (Lipinski definition) is 15. The standard InChI is InChI=1S/C74H144O17P2/c1-6-9-12-15-18-21-24-26-28-30-32-34-36-39-41-47-52-57-71(76)84-63-69(90-74(79)60-55-50-43-40-37-35-33-31-29-27-25-22-19-16-13-10-7-2)65-88-92(80,81)86-61-68(75)62-87-93(82,83)89-66-70(64-85-72(77)58-53-48-45-44-46-51-56-67(4)5)91-73(78)59-54-49-42-38-23-20-17-14-11-8-3/h67-70,75H,6-66H2,1-5H3,(H,80,81)(H,82,83)/t68-,69-,70-/m1/s1. The molecule has 17 nitrogen and oxygen atoms in total. The summed E-state index contributed by atoms with van der Waals surface area (Å²) in [4.78, 5) is 72.6. The fraction of sp³-hybridized carbons (Fsp3) is 0.946. The molecular weight excluding hydrogens is 1220 g/mol. The fourth-order valence-corrected chi connectivity index (χ4v) is 12.9. The van der Waals surface area contributed by atoms with Crippen LogP contribution in [0, 0.1) is 5.92 Å². The summed E-state index contributed by atoms with van der Waals surface area (Å²) in [6.07, 6.45) is 55.7. The van der Waals surface area contributed by atoms with Gasteiger partial charge in [-0.3, -0.25) is 37.3 Å². The number of unbranched alkanes of at least 4 members (excludes halogenated alkanes) is 46. The first-order valence-corrected chi connectivity index (χ1v) is 41.6. The van der Waals surface area contributed by atoms with Gasteiger partial charge in [-0.1, -0.05) is 336 Å². The zero-order chi connectivity index (χ0) is 68.4. The first-order valence-electron chi connectivity index (χ1n) is 38.6. The highest BCUT2D eigenvalue weighted by molar-refractivity contribution is 7.47. The van der Waals surface area contributed by atoms with Gasteiger partial charge >= 0.3 is 39.5 Å². The summed E-state index contributed by atoms with van der Waals surface area (Å²) in [7, 11) is -9.90. The van der Waals surface area contributed by atoms with Gasteiger partial charge < -0.3 is 33.8 Å². The average molecular weight is 1370 g/mol. The van der Waals surface area contributed by atoms with Gasteiger partial charge in [0.15, 0.2) is 12.2 Å². The molecule has 0 amide bonds. The molecule has 5 atom stereocenters. The van der Waals surface area contributed by atoms with Crippen LogP contribution in [0.25, 0.3) is 0 Å². The summed E-state index contributed by atoms with van der Waals surface area (Å²) >= 11 is 0. The minimum Gasteiger partial charge on any atom is -0.462 e. The molecule has 0 rings (SSSR count). The number of carbonyl (C=O) groups excluding carboxylic acids is 4. The minimum atomic E-state index is -4.95. The zero-order valence-corrected chi connectivity index (χ0v) is 62.2. The van der Waals surface area contributed by atoms with Gasteiger partial charge in [0, 0.05) is 25.7 Å². The quantitative estimate of drug-likeness (QED) is 0.0222. The molecule has 0 heterocycles. The van der Waals surface area contributed by atoms with Gasteiger partial charge in [-0.2, -0.15) is 0 Å². The Hall–Kier alpha value is -1.94. The van der Waals surface area contributed by atoms with Crippen molar-refractivity contribution in [1.82, 2.24) is 0 Å². The van der Waals surface area contributed by atoms with Crippen LogP contribution in [0.15, 0.2) is 0 Å². The Morgan fingerprint density at radius 1 is 0.290 bits per heavy atom. The zero-order valence-electron chi connectivity index (χ0n) is 60.4. The molecule has 0 aromatic heterocycles. The van der Waals surface area contributed by atoms with Gasteiger partial charge in [0.1, 0.15) is 19.3 Å². The number of ether oxygens (including phenoxy) is 4. The monoisotopic (exact) mass is 1370 g/mol. The second-order valence-electron chi connectivity index (χ2n) is 27.2. The van der Waals surface area contributed by atoms with E-state index in [1.165, 1.54) is 205 Å². The summed E-state index contributed by atoms with van der Waals surface area (Å²) in [5, 5.41) is 10.6. The molecule has 19 heteroatoms. The Bertz CT molecular complexity index is 1790. The van der Waals surface area contributed by atoms with Crippen LogP contribution in [-0.2, 0) is 65.4 Å². The van der Waals surface area contributed by atoms with Gasteiger partial charge in [-0.05, 0) is 31.6 Å². The van der Waals surface area contributed by atoms with E-state index in [1.54, 1.807) is 0 Å². The fourth-order valence-electron chi connectivity index (χ4n) is 11.4. The number of hydrogen-bond donors (Lipinski definition) is 3. The molecule has 0 saturated heterocycles. The van der Waals surface area contributed by atoms with Crippen LogP contribution in [0.3, 0.4) is 0 Å². The molecule has 0 spiro atoms. The number of phosphoric acid groups is 2. The van der Waals surface area contributed by atoms with Crippen LogP contribution >= 0.6 is 15.6 Å². The van der Waals surface area contributed by atoms with E-state index in [0.717, 1.165) is 96.3 Å². The van der Waals surface area contributed by atoms with Gasteiger partial charge in [-0.15, -0.1) is 0 Å². The van der Waals surface area contributed by atoms with Crippen LogP contribution in [0.4, 0.5) is 0 Å². The molecule has 93 heavy (non-hydrogen) atoms. The third-order valence-corrected chi connectivity index (χ3v) is 19.2. The number of aliphatic hydroxyl groups is 1. The SMILES string of the molecule is CCCCCCCCCCCCCCCCCCCC(=O)OC[C@H](COP(=O)(O)OC[C@@H](O)COP(=O)(O)OC[C@@H](COC(=O)CCCCCCCCC(C)C)OC(=O)CCCCCCCCCCCC)OC(=O)CCCCCCCCCCCCCCCCCCC. The number of phosphoric ester groups is 2. The van der Waals surface area contributed by atoms with Gasteiger partial charge in [0.25, 0.3) is 0 Å². The highest BCUT2D eigenvalue weighted by atomic mass is 31.2. The maximum absolute atomic E-state index is 13.1. The van der Waals surface area contributed by atoms with Crippen molar-refractivity contribution in [2.75, 3.05) is 39.6 Å². The first kappa shape index (κ1) is 91.1. The molecule has 0 radical (unpaired) electrons. The molecule has 3 N–H and O–H groups in total. The molecule has 2 unspecified atom stereocenters. The molecule has 0 aromatic rings. The lowest BCUT2D eigenvalue weighted by atomic mass is 10.0. The van der Waals surface area contributed by atoms with Crippen molar-refractivity contribution in [3.05, 3.63) is 0 Å². The van der Waals surface area contributed by atoms with Crippen LogP contribution in [-0.4, -0.2) is 96.7 Å². The number of rotatable bonds is 74. The second-order valence-corrected chi connectivity index (χ2v) is 30.1. The van der Waals surface area contributed by atoms with Crippen molar-refractivity contribution in [2.24, 2.45) is 5.92 Å². The maximum Gasteiger partial charge on any atom is 0.472 e. The van der Waals surface area contributed by atoms with E-state index in [2.05, 4.69) is 34.6 Å². The molecule has 0 aliphatic carbocycles. The maximum atomic E-state index is 13.1. The lowest BCUT2D eigenvalue weighted by Gasteiger charge is -2.21. The summed E-state index contributed by atoms with van der Waals surface area (Å²) in [6, 6.07) is 0. The lowest BCUT2D eigenvalue weighted by Crippen LogP contribution is -2.30. The topological polar surface area (TPSA) is 237 Å². The second kappa shape index (κ2) is 67.3. The highest BCUT2D eigenvalue weighted by Gasteiger charge is 2.30. The molecule has 0 bridgehead atoms. The third-order valence-electron chi connectivity index (χ3n) is 17.3. The van der Waals surface area contributed by atoms with Crippen molar-refractivity contribution in [2.45, 2.75) is 406 Å². The number of aliphatic hydroxyl groups excluding tert-OH is 1. The van der Waals surface area contributed by atoms with E-state index in [9.17, 15) is 43.2 Å². The first-order chi connectivity index (χ1) is 45.0. The molecule has 0 aromatic carbocycles. The molecule has 0 aliphatic rings. The van der Waals surface area contributed by atoms with E-state index in [0.29, 0.717) is 31.6 Å². The predicted octanol–water partition coefficient (Wildman–Crippen LogP) is 21.7. The Morgan fingerprint density at radius 3 is 0.731 bits per heavy atom. The van der Waals surface area contributed by atoms with E-state index in [1.807, 2.05) is 0 Å². The largest absolute Gasteiger partial charge is 0.472 e. The van der Waals surface area contributed by atoms with Crippen molar-refractivity contribution >= 4 is 39.5 Å². The van der Waals surface area contributed by atoms with Crippen molar-refractivity contribution in [1.29, 1.82) is 0 Å². The molecule has 552 valence electrons. The molecular formula is C74H144O17P2.